The molecule has 1 aliphatic heterocycles. The predicted octanol–water partition coefficient (Wildman–Crippen LogP) is 4.29. The summed E-state index contributed by atoms with van der Waals surface area (Å²) in [5, 5.41) is 8.74. The normalized spacial score (nSPS) is 16.9. The van der Waals surface area contributed by atoms with Crippen molar-refractivity contribution < 1.29 is 0 Å². The standard InChI is InChI=1S/C14H14N2.C2H6/c1-10(2)13-7-8-16-14(13)12-5-3-11(9-15)4-6-12;1-2/h3-8,10,14H,1-2H3;1-2H3. The van der Waals surface area contributed by atoms with Gasteiger partial charge in [0.1, 0.15) is 0 Å². The van der Waals surface area contributed by atoms with Crippen LogP contribution in [0.5, 0.6) is 0 Å². The minimum Gasteiger partial charge on any atom is -0.281 e. The zero-order chi connectivity index (χ0) is 13.5. The number of allylic oxidation sites excluding steroid dienone is 1. The lowest BCUT2D eigenvalue weighted by Gasteiger charge is -2.16. The van der Waals surface area contributed by atoms with E-state index in [1.165, 1.54) is 5.57 Å². The van der Waals surface area contributed by atoms with E-state index in [1.54, 1.807) is 0 Å². The van der Waals surface area contributed by atoms with E-state index in [1.807, 2.05) is 44.3 Å². The average Bonchev–Trinajstić information content (AvgIpc) is 2.90. The summed E-state index contributed by atoms with van der Waals surface area (Å²) < 4.78 is 0. The Kier molecular flexibility index (Phi) is 5.32. The summed E-state index contributed by atoms with van der Waals surface area (Å²) in [4.78, 5) is 4.46. The van der Waals surface area contributed by atoms with Gasteiger partial charge in [0.15, 0.2) is 0 Å². The van der Waals surface area contributed by atoms with Crippen LogP contribution in [0, 0.1) is 17.2 Å². The lowest BCUT2D eigenvalue weighted by Crippen LogP contribution is -2.02. The van der Waals surface area contributed by atoms with E-state index in [0.29, 0.717) is 11.5 Å². The highest BCUT2D eigenvalue weighted by Crippen LogP contribution is 2.33. The summed E-state index contributed by atoms with van der Waals surface area (Å²) >= 11 is 0. The molecule has 94 valence electrons. The molecule has 2 heteroatoms. The zero-order valence-corrected chi connectivity index (χ0v) is 11.5. The van der Waals surface area contributed by atoms with Crippen molar-refractivity contribution in [3.63, 3.8) is 0 Å². The molecule has 0 radical (unpaired) electrons. The summed E-state index contributed by atoms with van der Waals surface area (Å²) in [5.74, 6) is 0.503. The molecule has 0 spiro atoms. The van der Waals surface area contributed by atoms with Gasteiger partial charge < -0.3 is 0 Å². The predicted molar refractivity (Wildman–Crippen MR) is 76.7 cm³/mol. The molecule has 0 aromatic heterocycles. The van der Waals surface area contributed by atoms with Crippen molar-refractivity contribution in [2.75, 3.05) is 0 Å². The van der Waals surface area contributed by atoms with Crippen molar-refractivity contribution in [2.24, 2.45) is 10.9 Å². The Balaban J connectivity index is 0.000000771. The fraction of sp³-hybridized carbons (Fsp3) is 0.375. The van der Waals surface area contributed by atoms with Crippen molar-refractivity contribution in [2.45, 2.75) is 33.7 Å². The first-order valence-corrected chi connectivity index (χ1v) is 6.45. The number of aliphatic imine (C=N–C) groups is 1. The number of rotatable bonds is 2. The molecule has 1 aromatic carbocycles. The lowest BCUT2D eigenvalue weighted by atomic mass is 9.92. The minimum atomic E-state index is 0.146. The highest BCUT2D eigenvalue weighted by molar-refractivity contribution is 5.76. The molecule has 0 amide bonds. The van der Waals surface area contributed by atoms with Crippen LogP contribution in [0.4, 0.5) is 0 Å². The Bertz CT molecular complexity index is 473. The van der Waals surface area contributed by atoms with Crippen molar-refractivity contribution in [1.29, 1.82) is 5.26 Å². The largest absolute Gasteiger partial charge is 0.281 e. The monoisotopic (exact) mass is 240 g/mol. The first-order valence-electron chi connectivity index (χ1n) is 6.45. The van der Waals surface area contributed by atoms with E-state index >= 15 is 0 Å². The molecule has 0 saturated carbocycles. The second kappa shape index (κ2) is 6.76. The summed E-state index contributed by atoms with van der Waals surface area (Å²) in [7, 11) is 0. The zero-order valence-electron chi connectivity index (χ0n) is 11.5. The van der Waals surface area contributed by atoms with E-state index in [-0.39, 0.29) is 6.04 Å². The molecule has 18 heavy (non-hydrogen) atoms. The van der Waals surface area contributed by atoms with Gasteiger partial charge in [0, 0.05) is 6.21 Å². The average molecular weight is 240 g/mol. The molecular weight excluding hydrogens is 220 g/mol. The van der Waals surface area contributed by atoms with Gasteiger partial charge >= 0.3 is 0 Å². The lowest BCUT2D eigenvalue weighted by molar-refractivity contribution is 0.680. The van der Waals surface area contributed by atoms with Crippen LogP contribution in [0.2, 0.25) is 0 Å². The summed E-state index contributed by atoms with van der Waals surface area (Å²) in [6, 6.07) is 9.94. The summed E-state index contributed by atoms with van der Waals surface area (Å²) in [6.07, 6.45) is 3.96. The SMILES string of the molecule is CC.CC(C)C1=CC=NC1c1ccc(C#N)cc1. The first-order chi connectivity index (χ1) is 8.72. The van der Waals surface area contributed by atoms with Gasteiger partial charge in [-0.2, -0.15) is 5.26 Å². The van der Waals surface area contributed by atoms with E-state index in [9.17, 15) is 0 Å². The van der Waals surface area contributed by atoms with E-state index in [4.69, 9.17) is 5.26 Å². The highest BCUT2D eigenvalue weighted by Gasteiger charge is 2.20. The van der Waals surface area contributed by atoms with Gasteiger partial charge in [-0.25, -0.2) is 0 Å². The molecule has 2 nitrogen and oxygen atoms in total. The van der Waals surface area contributed by atoms with Gasteiger partial charge in [-0.1, -0.05) is 39.8 Å². The van der Waals surface area contributed by atoms with E-state index in [0.717, 1.165) is 5.56 Å². The second-order valence-corrected chi connectivity index (χ2v) is 4.26. The van der Waals surface area contributed by atoms with Crippen LogP contribution in [-0.4, -0.2) is 6.21 Å². The third kappa shape index (κ3) is 3.07. The van der Waals surface area contributed by atoms with Crippen molar-refractivity contribution in [3.05, 3.63) is 47.0 Å². The number of nitrogens with zero attached hydrogens (tertiary/aromatic N) is 2. The number of benzene rings is 1. The van der Waals surface area contributed by atoms with Gasteiger partial charge in [0.2, 0.25) is 0 Å². The third-order valence-corrected chi connectivity index (χ3v) is 2.84. The molecule has 0 bridgehead atoms. The minimum absolute atomic E-state index is 0.146. The fourth-order valence-electron chi connectivity index (χ4n) is 1.92. The second-order valence-electron chi connectivity index (χ2n) is 4.26. The topological polar surface area (TPSA) is 36.1 Å². The number of nitriles is 1. The fourth-order valence-corrected chi connectivity index (χ4v) is 1.92. The van der Waals surface area contributed by atoms with Crippen LogP contribution in [-0.2, 0) is 0 Å². The van der Waals surface area contributed by atoms with Crippen molar-refractivity contribution >= 4 is 6.21 Å². The summed E-state index contributed by atoms with van der Waals surface area (Å²) in [5.41, 5.74) is 3.19. The van der Waals surface area contributed by atoms with Crippen LogP contribution >= 0.6 is 0 Å². The van der Waals surface area contributed by atoms with Crippen LogP contribution in [0.15, 0.2) is 40.9 Å². The molecule has 0 N–H and O–H groups in total. The number of hydrogen-bond acceptors (Lipinski definition) is 2. The highest BCUT2D eigenvalue weighted by atomic mass is 14.8. The van der Waals surface area contributed by atoms with Gasteiger partial charge in [-0.15, -0.1) is 0 Å². The maximum atomic E-state index is 8.74. The summed E-state index contributed by atoms with van der Waals surface area (Å²) in [6.45, 7) is 8.36. The van der Waals surface area contributed by atoms with Crippen molar-refractivity contribution in [3.8, 4) is 6.07 Å². The van der Waals surface area contributed by atoms with E-state index in [2.05, 4.69) is 31.0 Å². The molecule has 2 rings (SSSR count). The maximum absolute atomic E-state index is 8.74. The molecule has 0 saturated heterocycles. The Labute approximate surface area is 110 Å². The van der Waals surface area contributed by atoms with Crippen molar-refractivity contribution in [1.82, 2.24) is 0 Å². The van der Waals surface area contributed by atoms with Crippen LogP contribution in [0.25, 0.3) is 0 Å². The molecule has 1 heterocycles. The molecular formula is C16H20N2. The smallest absolute Gasteiger partial charge is 0.0991 e. The van der Waals surface area contributed by atoms with Crippen LogP contribution < -0.4 is 0 Å². The maximum Gasteiger partial charge on any atom is 0.0991 e. The van der Waals surface area contributed by atoms with Gasteiger partial charge in [0.25, 0.3) is 0 Å². The first kappa shape index (κ1) is 14.2. The van der Waals surface area contributed by atoms with Gasteiger partial charge in [-0.3, -0.25) is 4.99 Å². The Morgan fingerprint density at radius 3 is 2.28 bits per heavy atom. The Hall–Kier alpha value is -1.88. The van der Waals surface area contributed by atoms with Gasteiger partial charge in [0.05, 0.1) is 17.7 Å². The van der Waals surface area contributed by atoms with Crippen LogP contribution in [0.3, 0.4) is 0 Å². The quantitative estimate of drug-likeness (QED) is 0.759. The molecule has 1 unspecified atom stereocenters. The molecule has 0 aliphatic carbocycles. The Morgan fingerprint density at radius 2 is 1.78 bits per heavy atom. The molecule has 1 aliphatic rings. The molecule has 0 fully saturated rings. The van der Waals surface area contributed by atoms with E-state index < -0.39 is 0 Å². The van der Waals surface area contributed by atoms with Crippen LogP contribution in [0.1, 0.15) is 44.9 Å². The number of hydrogen-bond donors (Lipinski definition) is 0. The van der Waals surface area contributed by atoms with Gasteiger partial charge in [-0.05, 0) is 35.3 Å². The third-order valence-electron chi connectivity index (χ3n) is 2.84. The molecule has 1 atom stereocenters. The Morgan fingerprint density at radius 1 is 1.17 bits per heavy atom. The molecule has 1 aromatic rings.